The van der Waals surface area contributed by atoms with Gasteiger partial charge in [0.25, 0.3) is 0 Å². The van der Waals surface area contributed by atoms with Crippen molar-refractivity contribution in [1.82, 2.24) is 15.1 Å². The third-order valence-corrected chi connectivity index (χ3v) is 5.78. The molecule has 1 aromatic heterocycles. The largest absolute Gasteiger partial charge is 0.419 e. The van der Waals surface area contributed by atoms with Gasteiger partial charge in [-0.05, 0) is 56.4 Å². The van der Waals surface area contributed by atoms with Crippen molar-refractivity contribution < 1.29 is 9.21 Å². The first-order valence-corrected chi connectivity index (χ1v) is 10.4. The molecule has 5 nitrogen and oxygen atoms in total. The SMILES string of the molecule is CC(C)N(Cc1nnc(-c2ccccc2Cl)o1)C(=O)[C@@H]1CCCc2ccccc21. The molecular weight excluding hydrogens is 386 g/mol. The average molecular weight is 410 g/mol. The van der Waals surface area contributed by atoms with Gasteiger partial charge in [0.05, 0.1) is 23.0 Å². The fourth-order valence-corrected chi connectivity index (χ4v) is 4.15. The summed E-state index contributed by atoms with van der Waals surface area (Å²) < 4.78 is 5.84. The number of rotatable bonds is 5. The van der Waals surface area contributed by atoms with Gasteiger partial charge >= 0.3 is 0 Å². The molecule has 29 heavy (non-hydrogen) atoms. The topological polar surface area (TPSA) is 59.2 Å². The fraction of sp³-hybridized carbons (Fsp3) is 0.348. The molecule has 6 heteroatoms. The number of hydrogen-bond donors (Lipinski definition) is 0. The Kier molecular flexibility index (Phi) is 5.67. The molecule has 0 N–H and O–H groups in total. The van der Waals surface area contributed by atoms with E-state index in [2.05, 4.69) is 22.3 Å². The van der Waals surface area contributed by atoms with Crippen LogP contribution in [0.15, 0.2) is 52.9 Å². The zero-order valence-electron chi connectivity index (χ0n) is 16.6. The van der Waals surface area contributed by atoms with Gasteiger partial charge in [-0.15, -0.1) is 10.2 Å². The Balaban J connectivity index is 1.57. The second kappa shape index (κ2) is 8.37. The number of fused-ring (bicyclic) bond motifs is 1. The van der Waals surface area contributed by atoms with Crippen LogP contribution < -0.4 is 0 Å². The van der Waals surface area contributed by atoms with Gasteiger partial charge in [-0.1, -0.05) is 48.0 Å². The summed E-state index contributed by atoms with van der Waals surface area (Å²) in [4.78, 5) is 15.3. The summed E-state index contributed by atoms with van der Waals surface area (Å²) in [7, 11) is 0. The number of amides is 1. The molecule has 0 saturated carbocycles. The van der Waals surface area contributed by atoms with Crippen molar-refractivity contribution in [2.24, 2.45) is 0 Å². The number of carbonyl (C=O) groups is 1. The molecular formula is C23H24ClN3O2. The van der Waals surface area contributed by atoms with E-state index < -0.39 is 0 Å². The van der Waals surface area contributed by atoms with Crippen LogP contribution in [0, 0.1) is 0 Å². The number of benzene rings is 2. The van der Waals surface area contributed by atoms with E-state index in [1.807, 2.05) is 49.1 Å². The summed E-state index contributed by atoms with van der Waals surface area (Å²) in [6.07, 6.45) is 2.93. The molecule has 150 valence electrons. The lowest BCUT2D eigenvalue weighted by Gasteiger charge is -2.32. The van der Waals surface area contributed by atoms with Crippen LogP contribution in [0.3, 0.4) is 0 Å². The maximum atomic E-state index is 13.5. The molecule has 0 bridgehead atoms. The maximum Gasteiger partial charge on any atom is 0.249 e. The maximum absolute atomic E-state index is 13.5. The molecule has 0 saturated heterocycles. The van der Waals surface area contributed by atoms with E-state index in [9.17, 15) is 4.79 Å². The van der Waals surface area contributed by atoms with E-state index in [1.54, 1.807) is 6.07 Å². The molecule has 4 rings (SSSR count). The number of halogens is 1. The second-order valence-electron chi connectivity index (χ2n) is 7.68. The first-order chi connectivity index (χ1) is 14.0. The van der Waals surface area contributed by atoms with Crippen molar-refractivity contribution in [3.63, 3.8) is 0 Å². The van der Waals surface area contributed by atoms with Crippen LogP contribution in [0.5, 0.6) is 0 Å². The Bertz CT molecular complexity index is 1010. The van der Waals surface area contributed by atoms with Crippen LogP contribution >= 0.6 is 11.6 Å². The average Bonchev–Trinajstić information content (AvgIpc) is 3.19. The van der Waals surface area contributed by atoms with Crippen molar-refractivity contribution in [1.29, 1.82) is 0 Å². The fourth-order valence-electron chi connectivity index (χ4n) is 3.93. The lowest BCUT2D eigenvalue weighted by Crippen LogP contribution is -2.40. The molecule has 1 aliphatic rings. The summed E-state index contributed by atoms with van der Waals surface area (Å²) in [5.74, 6) is 0.772. The molecule has 2 aromatic carbocycles. The third-order valence-electron chi connectivity index (χ3n) is 5.45. The van der Waals surface area contributed by atoms with Crippen molar-refractivity contribution in [2.45, 2.75) is 51.6 Å². The highest BCUT2D eigenvalue weighted by Gasteiger charge is 2.32. The molecule has 3 aromatic rings. The lowest BCUT2D eigenvalue weighted by molar-refractivity contribution is -0.136. The Morgan fingerprint density at radius 2 is 1.93 bits per heavy atom. The van der Waals surface area contributed by atoms with Crippen molar-refractivity contribution in [2.75, 3.05) is 0 Å². The van der Waals surface area contributed by atoms with Gasteiger partial charge < -0.3 is 9.32 Å². The number of aryl methyl sites for hydroxylation is 1. The standard InChI is InChI=1S/C23H24ClN3O2/c1-15(2)27(23(28)18-12-7-9-16-8-3-4-10-17(16)18)14-21-25-26-22(29-21)19-11-5-6-13-20(19)24/h3-6,8,10-11,13,15,18H,7,9,12,14H2,1-2H3/t18-/m1/s1. The summed E-state index contributed by atoms with van der Waals surface area (Å²) in [5.41, 5.74) is 3.12. The van der Waals surface area contributed by atoms with E-state index in [1.165, 1.54) is 5.56 Å². The van der Waals surface area contributed by atoms with Crippen LogP contribution in [0.4, 0.5) is 0 Å². The van der Waals surface area contributed by atoms with Crippen molar-refractivity contribution >= 4 is 17.5 Å². The Labute approximate surface area is 175 Å². The lowest BCUT2D eigenvalue weighted by atomic mass is 9.82. The number of carbonyl (C=O) groups excluding carboxylic acids is 1. The van der Waals surface area contributed by atoms with Gasteiger partial charge in [0, 0.05) is 6.04 Å². The van der Waals surface area contributed by atoms with E-state index in [-0.39, 0.29) is 24.4 Å². The third kappa shape index (κ3) is 4.06. The van der Waals surface area contributed by atoms with E-state index >= 15 is 0 Å². The summed E-state index contributed by atoms with van der Waals surface area (Å²) >= 11 is 6.23. The Hall–Kier alpha value is -2.66. The summed E-state index contributed by atoms with van der Waals surface area (Å²) in [6, 6.07) is 15.6. The number of aromatic nitrogens is 2. The van der Waals surface area contributed by atoms with E-state index in [0.717, 1.165) is 24.8 Å². The van der Waals surface area contributed by atoms with Gasteiger partial charge in [0.15, 0.2) is 0 Å². The van der Waals surface area contributed by atoms with Gasteiger partial charge in [0.1, 0.15) is 0 Å². The van der Waals surface area contributed by atoms with E-state index in [0.29, 0.717) is 22.4 Å². The van der Waals surface area contributed by atoms with Gasteiger partial charge in [-0.25, -0.2) is 0 Å². The molecule has 1 aliphatic carbocycles. The minimum Gasteiger partial charge on any atom is -0.419 e. The molecule has 1 atom stereocenters. The van der Waals surface area contributed by atoms with Crippen molar-refractivity contribution in [3.05, 3.63) is 70.6 Å². The van der Waals surface area contributed by atoms with Crippen LogP contribution in [-0.4, -0.2) is 27.0 Å². The monoisotopic (exact) mass is 409 g/mol. The summed E-state index contributed by atoms with van der Waals surface area (Å²) in [6.45, 7) is 4.31. The molecule has 0 spiro atoms. The molecule has 1 heterocycles. The minimum absolute atomic E-state index is 0.0206. The minimum atomic E-state index is -0.117. The highest BCUT2D eigenvalue weighted by atomic mass is 35.5. The Morgan fingerprint density at radius 3 is 2.72 bits per heavy atom. The second-order valence-corrected chi connectivity index (χ2v) is 8.09. The quantitative estimate of drug-likeness (QED) is 0.577. The molecule has 0 unspecified atom stereocenters. The molecule has 0 aliphatic heterocycles. The van der Waals surface area contributed by atoms with Crippen LogP contribution in [0.1, 0.15) is 49.6 Å². The first kappa shape index (κ1) is 19.6. The van der Waals surface area contributed by atoms with Crippen LogP contribution in [0.25, 0.3) is 11.5 Å². The highest BCUT2D eigenvalue weighted by molar-refractivity contribution is 6.33. The van der Waals surface area contributed by atoms with Gasteiger partial charge in [0.2, 0.25) is 17.7 Å². The van der Waals surface area contributed by atoms with E-state index in [4.69, 9.17) is 16.0 Å². The molecule has 0 radical (unpaired) electrons. The van der Waals surface area contributed by atoms with Crippen LogP contribution in [0.2, 0.25) is 5.02 Å². The van der Waals surface area contributed by atoms with Crippen LogP contribution in [-0.2, 0) is 17.8 Å². The van der Waals surface area contributed by atoms with Gasteiger partial charge in [-0.3, -0.25) is 4.79 Å². The Morgan fingerprint density at radius 1 is 1.17 bits per heavy atom. The predicted molar refractivity (Wildman–Crippen MR) is 113 cm³/mol. The zero-order chi connectivity index (χ0) is 20.4. The predicted octanol–water partition coefficient (Wildman–Crippen LogP) is 5.25. The molecule has 0 fully saturated rings. The summed E-state index contributed by atoms with van der Waals surface area (Å²) in [5, 5.41) is 8.84. The smallest absolute Gasteiger partial charge is 0.249 e. The first-order valence-electron chi connectivity index (χ1n) is 10.00. The highest BCUT2D eigenvalue weighted by Crippen LogP contribution is 2.34. The van der Waals surface area contributed by atoms with Gasteiger partial charge in [-0.2, -0.15) is 0 Å². The zero-order valence-corrected chi connectivity index (χ0v) is 17.4. The normalized spacial score (nSPS) is 15.9. The van der Waals surface area contributed by atoms with Crippen molar-refractivity contribution in [3.8, 4) is 11.5 Å². The number of nitrogens with zero attached hydrogens (tertiary/aromatic N) is 3. The number of hydrogen-bond acceptors (Lipinski definition) is 4. The molecule has 1 amide bonds.